The first-order chi connectivity index (χ1) is 9.12. The van der Waals surface area contributed by atoms with Gasteiger partial charge < -0.3 is 5.32 Å². The summed E-state index contributed by atoms with van der Waals surface area (Å²) in [6.45, 7) is 4.22. The van der Waals surface area contributed by atoms with Crippen LogP contribution in [-0.2, 0) is 10.0 Å². The maximum atomic E-state index is 12.0. The molecule has 0 spiro atoms. The molecule has 19 heavy (non-hydrogen) atoms. The second-order valence-corrected chi connectivity index (χ2v) is 6.50. The van der Waals surface area contributed by atoms with Crippen LogP contribution in [0.1, 0.15) is 0 Å². The number of anilines is 2. The molecule has 0 unspecified atom stereocenters. The lowest BCUT2D eigenvalue weighted by Gasteiger charge is -2.07. The van der Waals surface area contributed by atoms with E-state index in [9.17, 15) is 8.42 Å². The van der Waals surface area contributed by atoms with Gasteiger partial charge in [0.1, 0.15) is 10.0 Å². The van der Waals surface area contributed by atoms with Gasteiger partial charge >= 0.3 is 0 Å². The molecule has 0 radical (unpaired) electrons. The predicted octanol–water partition coefficient (Wildman–Crippen LogP) is 2.54. The Hall–Kier alpha value is -1.86. The number of aromatic nitrogens is 1. The van der Waals surface area contributed by atoms with E-state index in [1.165, 1.54) is 0 Å². The van der Waals surface area contributed by atoms with Crippen molar-refractivity contribution in [2.24, 2.45) is 0 Å². The molecule has 7 heteroatoms. The minimum atomic E-state index is -3.53. The maximum absolute atomic E-state index is 12.0. The fourth-order valence-electron chi connectivity index (χ4n) is 1.35. The molecule has 0 aromatic carbocycles. The third-order valence-electron chi connectivity index (χ3n) is 2.21. The molecule has 0 aliphatic carbocycles. The summed E-state index contributed by atoms with van der Waals surface area (Å²) < 4.78 is 26.6. The third kappa shape index (κ3) is 3.55. The molecule has 2 aromatic rings. The molecule has 2 heterocycles. The average molecular weight is 295 g/mol. The first-order valence-electron chi connectivity index (χ1n) is 5.49. The van der Waals surface area contributed by atoms with Gasteiger partial charge in [-0.05, 0) is 23.6 Å². The highest BCUT2D eigenvalue weighted by Crippen LogP contribution is 2.19. The van der Waals surface area contributed by atoms with Crippen LogP contribution in [-0.4, -0.2) is 19.9 Å². The van der Waals surface area contributed by atoms with Crippen LogP contribution in [0.5, 0.6) is 0 Å². The maximum Gasteiger partial charge on any atom is 0.272 e. The summed E-state index contributed by atoms with van der Waals surface area (Å²) in [5.41, 5.74) is 0.805. The van der Waals surface area contributed by atoms with Gasteiger partial charge in [-0.25, -0.2) is 13.4 Å². The fraction of sp³-hybridized carbons (Fsp3) is 0.0833. The highest BCUT2D eigenvalue weighted by atomic mass is 32.2. The van der Waals surface area contributed by atoms with E-state index in [0.29, 0.717) is 6.54 Å². The number of nitrogens with one attached hydrogen (secondary N) is 2. The van der Waals surface area contributed by atoms with E-state index >= 15 is 0 Å². The van der Waals surface area contributed by atoms with Crippen LogP contribution in [0.2, 0.25) is 0 Å². The van der Waals surface area contributed by atoms with Crippen molar-refractivity contribution in [2.45, 2.75) is 4.21 Å². The molecule has 0 fully saturated rings. The van der Waals surface area contributed by atoms with Crippen molar-refractivity contribution in [3.63, 3.8) is 0 Å². The lowest BCUT2D eigenvalue weighted by molar-refractivity contribution is 0.603. The molecule has 0 aliphatic rings. The summed E-state index contributed by atoms with van der Waals surface area (Å²) in [5, 5.41) is 4.77. The Morgan fingerprint density at radius 2 is 2.21 bits per heavy atom. The van der Waals surface area contributed by atoms with E-state index in [1.807, 2.05) is 0 Å². The van der Waals surface area contributed by atoms with E-state index in [1.54, 1.807) is 41.9 Å². The van der Waals surface area contributed by atoms with Crippen LogP contribution in [0, 0.1) is 0 Å². The summed E-state index contributed by atoms with van der Waals surface area (Å²) in [7, 11) is -3.53. The van der Waals surface area contributed by atoms with Crippen molar-refractivity contribution in [3.05, 3.63) is 48.5 Å². The van der Waals surface area contributed by atoms with Crippen molar-refractivity contribution >= 4 is 32.9 Å². The number of nitrogens with zero attached hydrogens (tertiary/aromatic N) is 1. The summed E-state index contributed by atoms with van der Waals surface area (Å²) >= 11 is 1.16. The Morgan fingerprint density at radius 1 is 1.37 bits per heavy atom. The Morgan fingerprint density at radius 3 is 2.79 bits per heavy atom. The molecule has 0 amide bonds. The summed E-state index contributed by atoms with van der Waals surface area (Å²) in [4.78, 5) is 4.04. The smallest absolute Gasteiger partial charge is 0.272 e. The summed E-state index contributed by atoms with van der Waals surface area (Å²) in [6.07, 6.45) is 3.29. The molecular formula is C12H13N3O2S2. The van der Waals surface area contributed by atoms with Crippen molar-refractivity contribution in [1.82, 2.24) is 4.98 Å². The molecule has 100 valence electrons. The zero-order valence-corrected chi connectivity index (χ0v) is 11.7. The lowest BCUT2D eigenvalue weighted by Crippen LogP contribution is -2.12. The Bertz CT molecular complexity index is 634. The Kier molecular flexibility index (Phi) is 4.18. The van der Waals surface area contributed by atoms with Gasteiger partial charge in [-0.3, -0.25) is 4.72 Å². The van der Waals surface area contributed by atoms with Crippen LogP contribution in [0.15, 0.2) is 52.7 Å². The van der Waals surface area contributed by atoms with Gasteiger partial charge in [-0.15, -0.1) is 17.9 Å². The van der Waals surface area contributed by atoms with Gasteiger partial charge in [0.15, 0.2) is 0 Å². The summed E-state index contributed by atoms with van der Waals surface area (Å²) in [5.74, 6) is 0.289. The standard InChI is InChI=1S/C12H13N3O2S2/c1-2-7-13-10-5-6-11(14-9-10)15-19(16,17)12-4-3-8-18-12/h2-6,8-9,13H,1,7H2,(H,14,15). The van der Waals surface area contributed by atoms with Crippen LogP contribution >= 0.6 is 11.3 Å². The number of hydrogen-bond donors (Lipinski definition) is 2. The van der Waals surface area contributed by atoms with Crippen molar-refractivity contribution in [3.8, 4) is 0 Å². The lowest BCUT2D eigenvalue weighted by atomic mass is 10.4. The van der Waals surface area contributed by atoms with Gasteiger partial charge in [0, 0.05) is 6.54 Å². The van der Waals surface area contributed by atoms with Gasteiger partial charge in [-0.2, -0.15) is 0 Å². The molecule has 2 aromatic heterocycles. The largest absolute Gasteiger partial charge is 0.380 e. The Balaban J connectivity index is 2.09. The molecular weight excluding hydrogens is 282 g/mol. The first-order valence-corrected chi connectivity index (χ1v) is 7.85. The fourth-order valence-corrected chi connectivity index (χ4v) is 3.35. The molecule has 2 rings (SSSR count). The number of thiophene rings is 1. The molecule has 2 N–H and O–H groups in total. The predicted molar refractivity (Wildman–Crippen MR) is 78.1 cm³/mol. The van der Waals surface area contributed by atoms with Crippen LogP contribution in [0.4, 0.5) is 11.5 Å². The molecule has 0 saturated heterocycles. The van der Waals surface area contributed by atoms with E-state index in [0.717, 1.165) is 17.0 Å². The molecule has 5 nitrogen and oxygen atoms in total. The topological polar surface area (TPSA) is 71.1 Å². The summed E-state index contributed by atoms with van der Waals surface area (Å²) in [6, 6.07) is 6.60. The van der Waals surface area contributed by atoms with Crippen LogP contribution in [0.3, 0.4) is 0 Å². The van der Waals surface area contributed by atoms with Gasteiger partial charge in [0.05, 0.1) is 11.9 Å². The number of hydrogen-bond acceptors (Lipinski definition) is 5. The van der Waals surface area contributed by atoms with E-state index < -0.39 is 10.0 Å². The van der Waals surface area contributed by atoms with Crippen LogP contribution in [0.25, 0.3) is 0 Å². The molecule has 0 aliphatic heterocycles. The number of rotatable bonds is 6. The minimum Gasteiger partial charge on any atom is -0.380 e. The number of sulfonamides is 1. The second kappa shape index (κ2) is 5.85. The minimum absolute atomic E-state index is 0.267. The normalized spacial score (nSPS) is 10.9. The monoisotopic (exact) mass is 295 g/mol. The average Bonchev–Trinajstić information content (AvgIpc) is 2.92. The van der Waals surface area contributed by atoms with E-state index in [-0.39, 0.29) is 10.0 Å². The molecule has 0 atom stereocenters. The zero-order chi connectivity index (χ0) is 13.7. The highest BCUT2D eigenvalue weighted by molar-refractivity contribution is 7.94. The zero-order valence-electron chi connectivity index (χ0n) is 10.0. The number of pyridine rings is 1. The van der Waals surface area contributed by atoms with Crippen molar-refractivity contribution in [2.75, 3.05) is 16.6 Å². The quantitative estimate of drug-likeness (QED) is 0.803. The van der Waals surface area contributed by atoms with Gasteiger partial charge in [-0.1, -0.05) is 12.1 Å². The van der Waals surface area contributed by atoms with Gasteiger partial charge in [0.25, 0.3) is 10.0 Å². The Labute approximate surface area is 116 Å². The molecule has 0 saturated carbocycles. The van der Waals surface area contributed by atoms with Crippen molar-refractivity contribution < 1.29 is 8.42 Å². The van der Waals surface area contributed by atoms with E-state index in [2.05, 4.69) is 21.6 Å². The van der Waals surface area contributed by atoms with Crippen molar-refractivity contribution in [1.29, 1.82) is 0 Å². The highest BCUT2D eigenvalue weighted by Gasteiger charge is 2.15. The molecule has 0 bridgehead atoms. The van der Waals surface area contributed by atoms with E-state index in [4.69, 9.17) is 0 Å². The van der Waals surface area contributed by atoms with Gasteiger partial charge in [0.2, 0.25) is 0 Å². The second-order valence-electron chi connectivity index (χ2n) is 3.64. The first kappa shape index (κ1) is 13.6. The van der Waals surface area contributed by atoms with Crippen LogP contribution < -0.4 is 10.0 Å². The third-order valence-corrected chi connectivity index (χ3v) is 4.97. The SMILES string of the molecule is C=CCNc1ccc(NS(=O)(=O)c2cccs2)nc1.